The summed E-state index contributed by atoms with van der Waals surface area (Å²) in [6.45, 7) is 14.4. The maximum atomic E-state index is 13.8. The molecule has 11 rings (SSSR count). The summed E-state index contributed by atoms with van der Waals surface area (Å²) in [5.74, 6) is -2.31. The molecule has 5 aliphatic rings. The number of thiazole rings is 1. The number of ether oxygens (including phenoxy) is 3. The Morgan fingerprint density at radius 1 is 0.854 bits per heavy atom. The zero-order valence-corrected chi connectivity index (χ0v) is 53.4. The molecule has 22 nitrogen and oxygen atoms in total. The smallest absolute Gasteiger partial charge is 0.409 e. The standard InChI is InChI=1S/C65H82N10O12S2/c1-40(2)54(66)58(78)68-41(3)56(76)69-46-19-18-45(44(29-46)14-11-25-85-26-12-28-89(82,83)84)32-86-61(81)73(7)24-27-87-65-36-62(5)33-63(6,37-65)35-64(34-62,38-65)39-75-42(4)49(30-67-75)47-20-21-53(71-55(47)59(79)80)74-23-22-43-13-10-15-48(50(43)31-74)57(77)72-60-70-51-16-8-9-17-52(51)88-60/h8-10,13,15-21,29-30,40-41,54H,11-12,14,22-28,31-39,66H2,1-7H3,(H,68,78)(H,69,76)(H,79,80)(H,70,72,77)(H,82,83,84). The van der Waals surface area contributed by atoms with E-state index in [1.54, 1.807) is 38.4 Å². The van der Waals surface area contributed by atoms with E-state index in [0.717, 1.165) is 71.1 Å². The Kier molecular flexibility index (Phi) is 19.1. The van der Waals surface area contributed by atoms with E-state index in [2.05, 4.69) is 34.8 Å². The molecule has 24 heteroatoms. The first-order valence-electron chi connectivity index (χ1n) is 30.5. The second kappa shape index (κ2) is 26.2. The lowest BCUT2D eigenvalue weighted by Gasteiger charge is -2.69. The van der Waals surface area contributed by atoms with Gasteiger partial charge in [-0.05, 0) is 165 Å². The predicted octanol–water partition coefficient (Wildman–Crippen LogP) is 9.43. The van der Waals surface area contributed by atoms with E-state index in [9.17, 15) is 37.5 Å². The number of carboxylic acid groups (broad SMARTS) is 1. The van der Waals surface area contributed by atoms with E-state index in [1.165, 1.54) is 16.2 Å². The molecule has 4 saturated carbocycles. The van der Waals surface area contributed by atoms with Crippen LogP contribution < -0.4 is 26.6 Å². The number of rotatable bonds is 26. The van der Waals surface area contributed by atoms with Crippen LogP contribution in [0, 0.1) is 29.1 Å². The van der Waals surface area contributed by atoms with Gasteiger partial charge in [0.15, 0.2) is 10.8 Å². The third-order valence-corrected chi connectivity index (χ3v) is 19.9. The molecular formula is C65H82N10O12S2. The number of aromatic nitrogens is 4. The molecule has 0 saturated heterocycles. The van der Waals surface area contributed by atoms with Crippen LogP contribution in [-0.2, 0) is 66.5 Å². The van der Waals surface area contributed by atoms with Crippen LogP contribution in [-0.4, -0.2) is 136 Å². The number of likely N-dealkylation sites (N-methyl/N-ethyl adjacent to an activating group) is 1. The van der Waals surface area contributed by atoms with Gasteiger partial charge in [0, 0.05) is 74.5 Å². The molecule has 4 atom stereocenters. The number of carbonyl (C=O) groups excluding carboxylic acids is 4. The quantitative estimate of drug-likeness (QED) is 0.0218. The van der Waals surface area contributed by atoms with Crippen molar-refractivity contribution in [3.63, 3.8) is 0 Å². The summed E-state index contributed by atoms with van der Waals surface area (Å²) >= 11 is 1.42. The highest BCUT2D eigenvalue weighted by molar-refractivity contribution is 7.85. The summed E-state index contributed by atoms with van der Waals surface area (Å²) in [4.78, 5) is 79.3. The van der Waals surface area contributed by atoms with E-state index in [-0.39, 0.29) is 73.2 Å². The van der Waals surface area contributed by atoms with Crippen molar-refractivity contribution in [3.05, 3.63) is 118 Å². The van der Waals surface area contributed by atoms with E-state index in [0.29, 0.717) is 77.8 Å². The lowest BCUT2D eigenvalue weighted by molar-refractivity contribution is -0.248. The topological polar surface area (TPSA) is 300 Å². The van der Waals surface area contributed by atoms with Gasteiger partial charge in [-0.3, -0.25) is 28.9 Å². The molecule has 89 heavy (non-hydrogen) atoms. The van der Waals surface area contributed by atoms with E-state index < -0.39 is 57.4 Å². The second-order valence-electron chi connectivity index (χ2n) is 26.2. The van der Waals surface area contributed by atoms with Crippen molar-refractivity contribution in [2.24, 2.45) is 27.9 Å². The van der Waals surface area contributed by atoms with Gasteiger partial charge in [0.25, 0.3) is 16.0 Å². The number of aromatic carboxylic acids is 1. The minimum absolute atomic E-state index is 0.00540. The van der Waals surface area contributed by atoms with Crippen LogP contribution in [0.3, 0.4) is 0 Å². The summed E-state index contributed by atoms with van der Waals surface area (Å²) in [5, 5.41) is 24.7. The zero-order valence-electron chi connectivity index (χ0n) is 51.7. The van der Waals surface area contributed by atoms with Gasteiger partial charge >= 0.3 is 12.1 Å². The lowest BCUT2D eigenvalue weighted by Crippen LogP contribution is -2.64. The van der Waals surface area contributed by atoms with Crippen LogP contribution in [0.25, 0.3) is 21.3 Å². The van der Waals surface area contributed by atoms with Crippen molar-refractivity contribution < 1.29 is 56.3 Å². The van der Waals surface area contributed by atoms with Crippen molar-refractivity contribution in [1.82, 2.24) is 30.0 Å². The number of para-hydroxylation sites is 1. The van der Waals surface area contributed by atoms with E-state index in [4.69, 9.17) is 34.6 Å². The molecule has 4 heterocycles. The fraction of sp³-hybridized carbons (Fsp3) is 0.508. The van der Waals surface area contributed by atoms with Crippen molar-refractivity contribution >= 4 is 78.1 Å². The molecule has 3 aromatic heterocycles. The van der Waals surface area contributed by atoms with Crippen LogP contribution in [0.5, 0.6) is 0 Å². The Morgan fingerprint density at radius 3 is 2.34 bits per heavy atom. The molecule has 476 valence electrons. The minimum Gasteiger partial charge on any atom is -0.476 e. The number of nitrogens with one attached hydrogen (secondary N) is 3. The predicted molar refractivity (Wildman–Crippen MR) is 339 cm³/mol. The molecule has 0 radical (unpaired) electrons. The van der Waals surface area contributed by atoms with E-state index in [1.807, 2.05) is 85.0 Å². The Bertz CT molecular complexity index is 3720. The fourth-order valence-electron chi connectivity index (χ4n) is 15.0. The Morgan fingerprint density at radius 2 is 1.61 bits per heavy atom. The minimum atomic E-state index is -4.10. The van der Waals surface area contributed by atoms with Gasteiger partial charge in [-0.1, -0.05) is 69.4 Å². The van der Waals surface area contributed by atoms with Gasteiger partial charge in [-0.25, -0.2) is 19.6 Å². The highest BCUT2D eigenvalue weighted by Crippen LogP contribution is 2.72. The third-order valence-electron chi connectivity index (χ3n) is 18.1. The third kappa shape index (κ3) is 15.1. The molecule has 1 aliphatic heterocycles. The highest BCUT2D eigenvalue weighted by atomic mass is 32.2. The first-order chi connectivity index (χ1) is 42.2. The number of nitrogens with two attached hydrogens (primary N) is 1. The Balaban J connectivity index is 0.769. The van der Waals surface area contributed by atoms with Crippen molar-refractivity contribution in [1.29, 1.82) is 0 Å². The SMILES string of the molecule is Cc1c(-c2ccc(N3CCc4cccc(C(=O)Nc5nc6ccccc6s5)c4C3)nc2C(=O)O)cnn1CC12CC3(C)CC(C)(C1)CC(OCCN(C)C(=O)OCc1ccc(NC(=O)C(C)NC(=O)C(N)C(C)C)cc1CCCOCCCS(=O)(=O)O)(C3)C2. The first-order valence-corrected chi connectivity index (χ1v) is 33.0. The average molecular weight is 1260 g/mol. The molecule has 7 N–H and O–H groups in total. The maximum Gasteiger partial charge on any atom is 0.409 e. The fourth-order valence-corrected chi connectivity index (χ4v) is 16.3. The molecule has 4 fully saturated rings. The molecule has 0 spiro atoms. The largest absolute Gasteiger partial charge is 0.476 e. The van der Waals surface area contributed by atoms with E-state index >= 15 is 0 Å². The van der Waals surface area contributed by atoms with Crippen LogP contribution in [0.1, 0.15) is 135 Å². The number of aryl methyl sites for hydroxylation is 1. The van der Waals surface area contributed by atoms with Gasteiger partial charge in [0.2, 0.25) is 11.8 Å². The number of carbonyl (C=O) groups is 5. The van der Waals surface area contributed by atoms with Crippen LogP contribution >= 0.6 is 11.3 Å². The highest BCUT2D eigenvalue weighted by Gasteiger charge is 2.66. The van der Waals surface area contributed by atoms with Gasteiger partial charge < -0.3 is 45.5 Å². The van der Waals surface area contributed by atoms with Gasteiger partial charge in [-0.15, -0.1) is 0 Å². The maximum absolute atomic E-state index is 13.8. The first kappa shape index (κ1) is 64.6. The number of amides is 4. The number of nitrogens with zero attached hydrogens (tertiary/aromatic N) is 6. The number of benzene rings is 3. The monoisotopic (exact) mass is 1260 g/mol. The number of pyridine rings is 1. The number of fused-ring (bicyclic) bond motifs is 2. The molecule has 4 bridgehead atoms. The Hall–Kier alpha value is -7.35. The number of carboxylic acids is 1. The van der Waals surface area contributed by atoms with Crippen LogP contribution in [0.2, 0.25) is 0 Å². The van der Waals surface area contributed by atoms with Crippen molar-refractivity contribution in [2.45, 2.75) is 143 Å². The van der Waals surface area contributed by atoms with Crippen molar-refractivity contribution in [3.8, 4) is 11.1 Å². The second-order valence-corrected chi connectivity index (χ2v) is 28.8. The summed E-state index contributed by atoms with van der Waals surface area (Å²) in [5.41, 5.74) is 12.6. The molecule has 4 aliphatic carbocycles. The molecule has 4 unspecified atom stereocenters. The van der Waals surface area contributed by atoms with Gasteiger partial charge in [0.1, 0.15) is 18.5 Å². The Labute approximate surface area is 523 Å². The number of anilines is 3. The molecular weight excluding hydrogens is 1180 g/mol. The molecule has 6 aromatic rings. The lowest BCUT2D eigenvalue weighted by atomic mass is 9.39. The summed E-state index contributed by atoms with van der Waals surface area (Å²) in [6, 6.07) is 20.7. The van der Waals surface area contributed by atoms with Gasteiger partial charge in [0.05, 0.1) is 40.4 Å². The van der Waals surface area contributed by atoms with Crippen LogP contribution in [0.15, 0.2) is 79.0 Å². The average Bonchev–Trinajstić information content (AvgIpc) is 1.06. The summed E-state index contributed by atoms with van der Waals surface area (Å²) in [6.07, 6.45) is 8.63. The van der Waals surface area contributed by atoms with Crippen molar-refractivity contribution in [2.75, 3.05) is 61.2 Å². The molecule has 4 amide bonds. The summed E-state index contributed by atoms with van der Waals surface area (Å²) in [7, 11) is -2.42. The zero-order chi connectivity index (χ0) is 63.6. The summed E-state index contributed by atoms with van der Waals surface area (Å²) < 4.78 is 52.9. The van der Waals surface area contributed by atoms with Gasteiger partial charge in [-0.2, -0.15) is 13.5 Å². The van der Waals surface area contributed by atoms with Crippen LogP contribution in [0.4, 0.5) is 21.4 Å². The number of hydrogen-bond acceptors (Lipinski definition) is 16. The normalized spacial score (nSPS) is 21.8. The number of hydrogen-bond donors (Lipinski definition) is 6. The molecule has 3 aromatic carbocycles.